The fourth-order valence-corrected chi connectivity index (χ4v) is 4.10. The van der Waals surface area contributed by atoms with Crippen molar-refractivity contribution in [3.63, 3.8) is 0 Å². The summed E-state index contributed by atoms with van der Waals surface area (Å²) in [4.78, 5) is 20.6. The molecule has 0 bridgehead atoms. The van der Waals surface area contributed by atoms with E-state index in [2.05, 4.69) is 15.0 Å². The molecule has 2 aromatic rings. The first-order chi connectivity index (χ1) is 10.9. The van der Waals surface area contributed by atoms with Gasteiger partial charge in [0, 0.05) is 0 Å². The summed E-state index contributed by atoms with van der Waals surface area (Å²) in [6, 6.07) is 0. The Bertz CT molecular complexity index is 830. The highest BCUT2D eigenvalue weighted by atomic mass is 32.1. The number of fused-ring (bicyclic) bond motifs is 2. The highest BCUT2D eigenvalue weighted by Crippen LogP contribution is 2.58. The van der Waals surface area contributed by atoms with Crippen molar-refractivity contribution >= 4 is 44.6 Å². The van der Waals surface area contributed by atoms with Gasteiger partial charge in [0.2, 0.25) is 0 Å². The number of aromatic nitrogens is 4. The number of aliphatic hydroxyl groups is 1. The van der Waals surface area contributed by atoms with Gasteiger partial charge in [0.15, 0.2) is 28.6 Å². The van der Waals surface area contributed by atoms with E-state index in [0.29, 0.717) is 11.2 Å². The van der Waals surface area contributed by atoms with E-state index in [9.17, 15) is 10.00 Å². The zero-order valence-electron chi connectivity index (χ0n) is 11.6. The molecular formula is C10H12BN5O5PS+. The zero-order chi connectivity index (χ0) is 16.4. The van der Waals surface area contributed by atoms with Gasteiger partial charge in [-0.2, -0.15) is 9.05 Å². The lowest BCUT2D eigenvalue weighted by molar-refractivity contribution is -0.0607. The predicted octanol–water partition coefficient (Wildman–Crippen LogP) is -0.417. The first-order valence-corrected chi connectivity index (χ1v) is 8.70. The number of H-pyrrole nitrogens is 1. The number of nitrogen functional groups attached to an aromatic ring is 1. The Kier molecular flexibility index (Phi) is 3.47. The minimum atomic E-state index is -3.44. The summed E-state index contributed by atoms with van der Waals surface area (Å²) in [5, 5.41) is 10.5. The number of hydrogen-bond donors (Lipinski definition) is 4. The van der Waals surface area contributed by atoms with Gasteiger partial charge >= 0.3 is 15.4 Å². The third kappa shape index (κ3) is 2.38. The lowest BCUT2D eigenvalue weighted by atomic mass is 10.1. The molecule has 2 saturated heterocycles. The molecule has 2 aliphatic heterocycles. The molecule has 2 radical (unpaired) electrons. The largest absolute Gasteiger partial charge is 0.488 e. The van der Waals surface area contributed by atoms with E-state index >= 15 is 0 Å². The predicted molar refractivity (Wildman–Crippen MR) is 82.8 cm³/mol. The maximum Gasteiger partial charge on any atom is 0.488 e. The molecule has 0 spiro atoms. The van der Waals surface area contributed by atoms with Crippen LogP contribution in [-0.2, 0) is 13.8 Å². The third-order valence-corrected chi connectivity index (χ3v) is 5.16. The van der Waals surface area contributed by atoms with Gasteiger partial charge in [0.25, 0.3) is 0 Å². The van der Waals surface area contributed by atoms with Crippen molar-refractivity contribution in [1.82, 2.24) is 19.5 Å². The molecule has 5 N–H and O–H groups in total. The van der Waals surface area contributed by atoms with Crippen molar-refractivity contribution in [2.45, 2.75) is 24.5 Å². The van der Waals surface area contributed by atoms with E-state index < -0.39 is 32.4 Å². The highest BCUT2D eigenvalue weighted by Gasteiger charge is 2.57. The molecule has 2 aliphatic rings. The van der Waals surface area contributed by atoms with Crippen molar-refractivity contribution in [3.05, 3.63) is 11.1 Å². The van der Waals surface area contributed by atoms with Crippen LogP contribution in [0.3, 0.4) is 0 Å². The Morgan fingerprint density at radius 3 is 3.09 bits per heavy atom. The quantitative estimate of drug-likeness (QED) is 0.305. The Labute approximate surface area is 136 Å². The van der Waals surface area contributed by atoms with Gasteiger partial charge in [-0.1, -0.05) is 0 Å². The number of ether oxygens (including phenoxy) is 1. The van der Waals surface area contributed by atoms with Crippen LogP contribution in [0.25, 0.3) is 11.2 Å². The van der Waals surface area contributed by atoms with Crippen LogP contribution in [0.1, 0.15) is 6.23 Å². The zero-order valence-corrected chi connectivity index (χ0v) is 13.3. The van der Waals surface area contributed by atoms with Crippen LogP contribution in [0, 0.1) is 4.77 Å². The van der Waals surface area contributed by atoms with Crippen LogP contribution in [0.15, 0.2) is 6.33 Å². The first kappa shape index (κ1) is 15.4. The Hall–Kier alpha value is -1.14. The van der Waals surface area contributed by atoms with Crippen LogP contribution in [0.5, 0.6) is 0 Å². The van der Waals surface area contributed by atoms with E-state index in [4.69, 9.17) is 39.3 Å². The minimum Gasteiger partial charge on any atom is -0.385 e. The van der Waals surface area contributed by atoms with Gasteiger partial charge in [-0.15, -0.1) is 0 Å². The molecule has 0 amide bonds. The molecule has 10 nitrogen and oxygen atoms in total. The maximum absolute atomic E-state index is 10.5. The number of nitrogens with one attached hydrogen (secondary N) is 1. The van der Waals surface area contributed by atoms with E-state index in [-0.39, 0.29) is 17.2 Å². The average molecular weight is 356 g/mol. The van der Waals surface area contributed by atoms with Gasteiger partial charge in [-0.3, -0.25) is 4.57 Å². The third-order valence-electron chi connectivity index (χ3n) is 3.80. The first-order valence-electron chi connectivity index (χ1n) is 6.65. The molecule has 5 atom stereocenters. The summed E-state index contributed by atoms with van der Waals surface area (Å²) >= 11 is 5.27. The van der Waals surface area contributed by atoms with Crippen molar-refractivity contribution in [1.29, 1.82) is 0 Å². The second kappa shape index (κ2) is 5.18. The van der Waals surface area contributed by atoms with Crippen molar-refractivity contribution < 1.29 is 23.8 Å². The van der Waals surface area contributed by atoms with Gasteiger partial charge in [0.05, 0.1) is 0 Å². The van der Waals surface area contributed by atoms with Gasteiger partial charge in [0.1, 0.15) is 30.7 Å². The monoisotopic (exact) mass is 356 g/mol. The average Bonchev–Trinajstić information content (AvgIpc) is 2.97. The number of nitrogens with zero attached hydrogens (tertiary/aromatic N) is 3. The maximum atomic E-state index is 10.5. The topological polar surface area (TPSA) is 141 Å². The molecule has 0 saturated carbocycles. The van der Waals surface area contributed by atoms with Crippen LogP contribution in [0.2, 0.25) is 0 Å². The standard InChI is InChI=1S/C10H12BN5O5PS/c11-22(18)19-1-3-6(21-22)5(17)9(20-3)16-8-4(15-10(16)23)7(12)13-2-14-8/h2-3,5-6,9,17-18H,1H2,(H,15,23)(H2,12,13,14)/q+1/t3-,5?,6-,9-,22?/m1/s1. The number of aliphatic hydroxyl groups excluding tert-OH is 1. The molecule has 2 fully saturated rings. The van der Waals surface area contributed by atoms with Crippen LogP contribution >= 0.6 is 20.0 Å². The summed E-state index contributed by atoms with van der Waals surface area (Å²) in [5.74, 6) is 0.228. The lowest BCUT2D eigenvalue weighted by Crippen LogP contribution is -2.40. The molecule has 120 valence electrons. The smallest absolute Gasteiger partial charge is 0.385 e. The van der Waals surface area contributed by atoms with Crippen molar-refractivity contribution in [2.75, 3.05) is 12.3 Å². The molecular weight excluding hydrogens is 344 g/mol. The normalized spacial score (nSPS) is 37.1. The summed E-state index contributed by atoms with van der Waals surface area (Å²) < 4.78 is 17.8. The van der Waals surface area contributed by atoms with Gasteiger partial charge in [-0.05, 0) is 12.2 Å². The number of imidazole rings is 1. The SMILES string of the molecule is [B][P+]1(O)OC[C@H]2O[C@@H](n3c(=S)[nH]c4c(N)ncnc43)C(O)[C@@H]2O1. The van der Waals surface area contributed by atoms with Crippen LogP contribution in [0.4, 0.5) is 5.82 Å². The summed E-state index contributed by atoms with van der Waals surface area (Å²) in [7, 11) is 2.04. The van der Waals surface area contributed by atoms with E-state index in [1.165, 1.54) is 10.9 Å². The second-order valence-corrected chi connectivity index (χ2v) is 7.23. The van der Waals surface area contributed by atoms with E-state index in [0.717, 1.165) is 0 Å². The second-order valence-electron chi connectivity index (χ2n) is 5.24. The van der Waals surface area contributed by atoms with E-state index in [1.807, 2.05) is 0 Å². The van der Waals surface area contributed by atoms with Crippen LogP contribution < -0.4 is 5.73 Å². The number of aromatic amines is 1. The van der Waals surface area contributed by atoms with E-state index in [1.54, 1.807) is 0 Å². The molecule has 2 aromatic heterocycles. The Morgan fingerprint density at radius 1 is 1.52 bits per heavy atom. The summed E-state index contributed by atoms with van der Waals surface area (Å²) in [6.45, 7) is 0.00576. The molecule has 23 heavy (non-hydrogen) atoms. The molecule has 0 aromatic carbocycles. The lowest BCUT2D eigenvalue weighted by Gasteiger charge is -2.27. The number of anilines is 1. The summed E-state index contributed by atoms with van der Waals surface area (Å²) in [6.07, 6.45) is -2.15. The van der Waals surface area contributed by atoms with Gasteiger partial charge < -0.3 is 20.6 Å². The summed E-state index contributed by atoms with van der Waals surface area (Å²) in [5.41, 5.74) is 6.63. The minimum absolute atomic E-state index is 0.00576. The molecule has 4 rings (SSSR count). The number of rotatable bonds is 1. The Balaban J connectivity index is 1.76. The fourth-order valence-electron chi connectivity index (χ4n) is 2.77. The van der Waals surface area contributed by atoms with Crippen molar-refractivity contribution in [2.24, 2.45) is 0 Å². The highest BCUT2D eigenvalue weighted by molar-refractivity contribution is 7.85. The molecule has 2 unspecified atom stereocenters. The fraction of sp³-hybridized carbons (Fsp3) is 0.500. The van der Waals surface area contributed by atoms with Gasteiger partial charge in [-0.25, -0.2) is 14.9 Å². The molecule has 4 heterocycles. The Morgan fingerprint density at radius 2 is 2.30 bits per heavy atom. The number of nitrogens with two attached hydrogens (primary N) is 1. The van der Waals surface area contributed by atoms with Crippen LogP contribution in [-0.4, -0.2) is 62.0 Å². The number of hydrogen-bond acceptors (Lipinski definition) is 9. The van der Waals surface area contributed by atoms with Crippen molar-refractivity contribution in [3.8, 4) is 0 Å². The molecule has 13 heteroatoms. The molecule has 0 aliphatic carbocycles.